The molecule has 2 heterocycles. The summed E-state index contributed by atoms with van der Waals surface area (Å²) in [5, 5.41) is 13.4. The summed E-state index contributed by atoms with van der Waals surface area (Å²) in [5.41, 5.74) is 0.470. The second-order valence-electron chi connectivity index (χ2n) is 5.36. The zero-order valence-corrected chi connectivity index (χ0v) is 12.2. The van der Waals surface area contributed by atoms with E-state index in [1.54, 1.807) is 24.3 Å². The van der Waals surface area contributed by atoms with Gasteiger partial charge in [-0.3, -0.25) is 14.6 Å². The average molecular weight is 296 g/mol. The number of amides is 1. The van der Waals surface area contributed by atoms with E-state index in [1.165, 1.54) is 6.20 Å². The first-order chi connectivity index (χ1) is 10.5. The molecule has 112 valence electrons. The topological polar surface area (TPSA) is 79.3 Å². The Morgan fingerprint density at radius 1 is 1.32 bits per heavy atom. The number of carbonyl (C=O) groups is 2. The lowest BCUT2D eigenvalue weighted by atomic mass is 9.88. The quantitative estimate of drug-likeness (QED) is 0.846. The highest BCUT2D eigenvalue weighted by Crippen LogP contribution is 2.39. The molecule has 5 heteroatoms. The number of aromatic nitrogens is 1. The number of ketones is 1. The molecule has 1 aromatic carbocycles. The zero-order chi connectivity index (χ0) is 15.7. The van der Waals surface area contributed by atoms with Crippen LogP contribution < -0.4 is 5.32 Å². The Balaban J connectivity index is 1.94. The maximum atomic E-state index is 12.3. The molecule has 0 saturated carbocycles. The molecule has 0 bridgehead atoms. The maximum Gasteiger partial charge on any atom is 0.261 e. The predicted molar refractivity (Wildman–Crippen MR) is 81.5 cm³/mol. The van der Waals surface area contributed by atoms with Crippen LogP contribution in [0.1, 0.15) is 35.0 Å². The van der Waals surface area contributed by atoms with E-state index >= 15 is 0 Å². The van der Waals surface area contributed by atoms with E-state index < -0.39 is 11.5 Å². The number of Topliss-reactive ketones (excluding diaryl/α,β-unsaturated/α-hetero) is 1. The van der Waals surface area contributed by atoms with Crippen LogP contribution >= 0.6 is 0 Å². The molecule has 22 heavy (non-hydrogen) atoms. The second kappa shape index (κ2) is 5.35. The van der Waals surface area contributed by atoms with E-state index in [4.69, 9.17) is 0 Å². The number of anilines is 1. The van der Waals surface area contributed by atoms with E-state index in [2.05, 4.69) is 10.3 Å². The third-order valence-corrected chi connectivity index (χ3v) is 3.93. The number of aryl methyl sites for hydroxylation is 1. The van der Waals surface area contributed by atoms with E-state index in [9.17, 15) is 14.7 Å². The average Bonchev–Trinajstić information content (AvgIpc) is 2.78. The minimum Gasteiger partial charge on any atom is -0.375 e. The van der Waals surface area contributed by atoms with Gasteiger partial charge in [-0.25, -0.2) is 0 Å². The maximum absolute atomic E-state index is 12.3. The molecule has 1 atom stereocenters. The summed E-state index contributed by atoms with van der Waals surface area (Å²) in [6.07, 6.45) is 2.01. The lowest BCUT2D eigenvalue weighted by Crippen LogP contribution is -2.36. The summed E-state index contributed by atoms with van der Waals surface area (Å²) in [4.78, 5) is 28.4. The summed E-state index contributed by atoms with van der Waals surface area (Å²) < 4.78 is 0. The first-order valence-electron chi connectivity index (χ1n) is 7.16. The minimum absolute atomic E-state index is 0.238. The Hall–Kier alpha value is -2.53. The van der Waals surface area contributed by atoms with Crippen LogP contribution in [0.2, 0.25) is 0 Å². The summed E-state index contributed by atoms with van der Waals surface area (Å²) in [6.45, 7) is 2.01. The molecule has 2 aromatic rings. The van der Waals surface area contributed by atoms with E-state index in [1.807, 2.05) is 19.1 Å². The van der Waals surface area contributed by atoms with Crippen LogP contribution in [0.3, 0.4) is 0 Å². The van der Waals surface area contributed by atoms with Crippen molar-refractivity contribution in [2.24, 2.45) is 0 Å². The number of benzene rings is 1. The first-order valence-corrected chi connectivity index (χ1v) is 7.16. The van der Waals surface area contributed by atoms with Gasteiger partial charge < -0.3 is 10.4 Å². The zero-order valence-electron chi connectivity index (χ0n) is 12.2. The fourth-order valence-electron chi connectivity index (χ4n) is 2.65. The van der Waals surface area contributed by atoms with Gasteiger partial charge in [0.15, 0.2) is 11.4 Å². The van der Waals surface area contributed by atoms with Crippen molar-refractivity contribution in [2.75, 3.05) is 5.32 Å². The van der Waals surface area contributed by atoms with Gasteiger partial charge in [-0.1, -0.05) is 25.1 Å². The number of carbonyl (C=O) groups excluding carboxylic acids is 2. The molecular formula is C17H16N2O3. The molecule has 0 radical (unpaired) electrons. The third kappa shape index (κ3) is 2.29. The second-order valence-corrected chi connectivity index (χ2v) is 5.36. The Morgan fingerprint density at radius 2 is 2.14 bits per heavy atom. The normalized spacial score (nSPS) is 19.6. The summed E-state index contributed by atoms with van der Waals surface area (Å²) >= 11 is 0. The van der Waals surface area contributed by atoms with Crippen LogP contribution in [-0.4, -0.2) is 21.8 Å². The van der Waals surface area contributed by atoms with E-state index in [0.717, 1.165) is 12.0 Å². The lowest BCUT2D eigenvalue weighted by Gasteiger charge is -2.19. The molecule has 1 aliphatic rings. The number of nitrogens with zero attached hydrogens (tertiary/aromatic N) is 1. The highest BCUT2D eigenvalue weighted by Gasteiger charge is 2.46. The molecule has 3 rings (SSSR count). The van der Waals surface area contributed by atoms with Crippen LogP contribution in [0.15, 0.2) is 42.6 Å². The third-order valence-electron chi connectivity index (χ3n) is 3.93. The summed E-state index contributed by atoms with van der Waals surface area (Å²) in [5.74, 6) is -0.939. The predicted octanol–water partition coefficient (Wildman–Crippen LogP) is 2.06. The van der Waals surface area contributed by atoms with Gasteiger partial charge in [-0.15, -0.1) is 0 Å². The molecule has 2 N–H and O–H groups in total. The molecule has 0 spiro atoms. The van der Waals surface area contributed by atoms with Crippen molar-refractivity contribution >= 4 is 17.4 Å². The van der Waals surface area contributed by atoms with Gasteiger partial charge in [0.2, 0.25) is 0 Å². The number of nitrogens with one attached hydrogen (secondary N) is 1. The monoisotopic (exact) mass is 296 g/mol. The number of pyridine rings is 1. The minimum atomic E-state index is -1.84. The SMILES string of the molecule is CCc1ccc2c(c1)NC(=O)[C@]2(O)CC(=O)c1ccccn1. The molecule has 1 amide bonds. The molecule has 0 saturated heterocycles. The molecule has 5 nitrogen and oxygen atoms in total. The van der Waals surface area contributed by atoms with Gasteiger partial charge in [-0.2, -0.15) is 0 Å². The fraction of sp³-hybridized carbons (Fsp3) is 0.235. The highest BCUT2D eigenvalue weighted by atomic mass is 16.3. The van der Waals surface area contributed by atoms with Gasteiger partial charge in [0.05, 0.1) is 6.42 Å². The van der Waals surface area contributed by atoms with Gasteiger partial charge in [0, 0.05) is 17.4 Å². The Labute approximate surface area is 128 Å². The molecule has 1 aromatic heterocycles. The smallest absolute Gasteiger partial charge is 0.261 e. The standard InChI is InChI=1S/C17H16N2O3/c1-2-11-6-7-12-14(9-11)19-16(21)17(12,22)10-15(20)13-5-3-4-8-18-13/h3-9,22H,2,10H2,1H3,(H,19,21)/t17-/m0/s1. The van der Waals surface area contributed by atoms with Crippen LogP contribution in [0.25, 0.3) is 0 Å². The largest absolute Gasteiger partial charge is 0.375 e. The van der Waals surface area contributed by atoms with Gasteiger partial charge >= 0.3 is 0 Å². The van der Waals surface area contributed by atoms with Crippen molar-refractivity contribution in [1.29, 1.82) is 0 Å². The van der Waals surface area contributed by atoms with Crippen molar-refractivity contribution in [2.45, 2.75) is 25.4 Å². The van der Waals surface area contributed by atoms with Crippen molar-refractivity contribution in [3.05, 3.63) is 59.4 Å². The number of rotatable bonds is 4. The highest BCUT2D eigenvalue weighted by molar-refractivity contribution is 6.09. The fourth-order valence-corrected chi connectivity index (χ4v) is 2.65. The number of hydrogen-bond donors (Lipinski definition) is 2. The molecule has 0 unspecified atom stereocenters. The molecule has 0 fully saturated rings. The van der Waals surface area contributed by atoms with Gasteiger partial charge in [0.1, 0.15) is 5.69 Å². The van der Waals surface area contributed by atoms with E-state index in [-0.39, 0.29) is 17.9 Å². The van der Waals surface area contributed by atoms with Crippen molar-refractivity contribution in [3.63, 3.8) is 0 Å². The van der Waals surface area contributed by atoms with Gasteiger partial charge in [-0.05, 0) is 30.2 Å². The summed E-state index contributed by atoms with van der Waals surface area (Å²) in [6, 6.07) is 10.4. The van der Waals surface area contributed by atoms with Crippen molar-refractivity contribution in [3.8, 4) is 0 Å². The van der Waals surface area contributed by atoms with Crippen LogP contribution in [0.5, 0.6) is 0 Å². The van der Waals surface area contributed by atoms with Crippen molar-refractivity contribution in [1.82, 2.24) is 4.98 Å². The number of aliphatic hydroxyl groups is 1. The van der Waals surface area contributed by atoms with Crippen LogP contribution in [-0.2, 0) is 16.8 Å². The number of hydrogen-bond acceptors (Lipinski definition) is 4. The van der Waals surface area contributed by atoms with E-state index in [0.29, 0.717) is 11.3 Å². The van der Waals surface area contributed by atoms with Gasteiger partial charge in [0.25, 0.3) is 5.91 Å². The first kappa shape index (κ1) is 14.4. The Bertz CT molecular complexity index is 743. The van der Waals surface area contributed by atoms with Crippen LogP contribution in [0.4, 0.5) is 5.69 Å². The van der Waals surface area contributed by atoms with Crippen LogP contribution in [0, 0.1) is 0 Å². The Kier molecular flexibility index (Phi) is 3.50. The Morgan fingerprint density at radius 3 is 2.82 bits per heavy atom. The number of fused-ring (bicyclic) bond motifs is 1. The lowest BCUT2D eigenvalue weighted by molar-refractivity contribution is -0.133. The van der Waals surface area contributed by atoms with Crippen molar-refractivity contribution < 1.29 is 14.7 Å². The summed E-state index contributed by atoms with van der Waals surface area (Å²) in [7, 11) is 0. The molecular weight excluding hydrogens is 280 g/mol. The molecule has 0 aliphatic carbocycles. The molecule has 1 aliphatic heterocycles.